The number of nitrogens with one attached hydrogen (secondary N) is 2. The Balaban J connectivity index is 0.00000144. The van der Waals surface area contributed by atoms with Crippen LogP contribution in [0.2, 0.25) is 0 Å². The lowest BCUT2D eigenvalue weighted by molar-refractivity contribution is 0.0925. The van der Waals surface area contributed by atoms with E-state index in [1.54, 1.807) is 17.5 Å². The molecule has 8 heteroatoms. The molecule has 0 unspecified atom stereocenters. The fourth-order valence-corrected chi connectivity index (χ4v) is 3.31. The fourth-order valence-electron chi connectivity index (χ4n) is 2.50. The van der Waals surface area contributed by atoms with Crippen LogP contribution in [0, 0.1) is 5.82 Å². The summed E-state index contributed by atoms with van der Waals surface area (Å²) in [6, 6.07) is 6.59. The first-order chi connectivity index (χ1) is 10.7. The summed E-state index contributed by atoms with van der Waals surface area (Å²) in [6.45, 7) is 1.88. The summed E-state index contributed by atoms with van der Waals surface area (Å²) in [5.74, 6) is -0.349. The SMILES string of the molecule is Cl.Cl.O=C(NC1CCNCC1)c1csc(Cc2ccc(F)cc2)n1. The van der Waals surface area contributed by atoms with Crippen molar-refractivity contribution in [1.29, 1.82) is 0 Å². The monoisotopic (exact) mass is 391 g/mol. The average molecular weight is 392 g/mol. The second kappa shape index (κ2) is 9.93. The molecule has 132 valence electrons. The van der Waals surface area contributed by atoms with Crippen LogP contribution in [0.25, 0.3) is 0 Å². The number of hydrogen-bond donors (Lipinski definition) is 2. The minimum absolute atomic E-state index is 0. The number of amides is 1. The van der Waals surface area contributed by atoms with Crippen LogP contribution in [0.1, 0.15) is 33.9 Å². The number of thiazole rings is 1. The number of piperidine rings is 1. The third-order valence-corrected chi connectivity index (χ3v) is 4.58. The van der Waals surface area contributed by atoms with Crippen LogP contribution in [0.15, 0.2) is 29.6 Å². The molecule has 1 aromatic heterocycles. The van der Waals surface area contributed by atoms with Gasteiger partial charge in [0, 0.05) is 17.8 Å². The summed E-state index contributed by atoms with van der Waals surface area (Å²) >= 11 is 1.46. The Morgan fingerprint density at radius 1 is 1.25 bits per heavy atom. The lowest BCUT2D eigenvalue weighted by Crippen LogP contribution is -2.42. The molecule has 0 saturated carbocycles. The number of benzene rings is 1. The van der Waals surface area contributed by atoms with Crippen molar-refractivity contribution in [2.75, 3.05) is 13.1 Å². The Labute approximate surface area is 157 Å². The van der Waals surface area contributed by atoms with E-state index >= 15 is 0 Å². The van der Waals surface area contributed by atoms with Crippen LogP contribution in [-0.2, 0) is 6.42 Å². The van der Waals surface area contributed by atoms with E-state index in [1.807, 2.05) is 0 Å². The van der Waals surface area contributed by atoms with Crippen molar-refractivity contribution in [3.8, 4) is 0 Å². The molecule has 1 aliphatic rings. The second-order valence-electron chi connectivity index (χ2n) is 5.43. The van der Waals surface area contributed by atoms with Crippen molar-refractivity contribution in [2.45, 2.75) is 25.3 Å². The Morgan fingerprint density at radius 2 is 1.92 bits per heavy atom. The molecule has 1 aromatic carbocycles. The molecule has 0 bridgehead atoms. The Morgan fingerprint density at radius 3 is 2.58 bits per heavy atom. The summed E-state index contributed by atoms with van der Waals surface area (Å²) in [7, 11) is 0. The minimum Gasteiger partial charge on any atom is -0.348 e. The van der Waals surface area contributed by atoms with Gasteiger partial charge in [0.2, 0.25) is 0 Å². The Bertz CT molecular complexity index is 645. The quantitative estimate of drug-likeness (QED) is 0.840. The van der Waals surface area contributed by atoms with Crippen molar-refractivity contribution >= 4 is 42.1 Å². The van der Waals surface area contributed by atoms with Gasteiger partial charge in [0.25, 0.3) is 5.91 Å². The van der Waals surface area contributed by atoms with Gasteiger partial charge in [0.05, 0.1) is 5.01 Å². The summed E-state index contributed by atoms with van der Waals surface area (Å²) < 4.78 is 12.9. The van der Waals surface area contributed by atoms with Crippen molar-refractivity contribution in [2.24, 2.45) is 0 Å². The van der Waals surface area contributed by atoms with Crippen molar-refractivity contribution in [1.82, 2.24) is 15.6 Å². The lowest BCUT2D eigenvalue weighted by Gasteiger charge is -2.23. The number of rotatable bonds is 4. The minimum atomic E-state index is -0.245. The molecule has 2 N–H and O–H groups in total. The highest BCUT2D eigenvalue weighted by atomic mass is 35.5. The van der Waals surface area contributed by atoms with Crippen molar-refractivity contribution in [3.63, 3.8) is 0 Å². The molecule has 0 spiro atoms. The zero-order valence-corrected chi connectivity index (χ0v) is 15.4. The number of carbonyl (C=O) groups is 1. The molecular weight excluding hydrogens is 372 g/mol. The summed E-state index contributed by atoms with van der Waals surface area (Å²) in [5, 5.41) is 8.96. The maximum absolute atomic E-state index is 12.9. The van der Waals surface area contributed by atoms with Gasteiger partial charge < -0.3 is 10.6 Å². The first kappa shape index (κ1) is 20.8. The van der Waals surface area contributed by atoms with E-state index in [2.05, 4.69) is 15.6 Å². The highest BCUT2D eigenvalue weighted by molar-refractivity contribution is 7.09. The van der Waals surface area contributed by atoms with Gasteiger partial charge in [-0.3, -0.25) is 4.79 Å². The van der Waals surface area contributed by atoms with E-state index < -0.39 is 0 Å². The van der Waals surface area contributed by atoms with Gasteiger partial charge in [-0.05, 0) is 43.6 Å². The molecule has 3 rings (SSSR count). The van der Waals surface area contributed by atoms with Crippen LogP contribution in [0.4, 0.5) is 4.39 Å². The molecule has 1 fully saturated rings. The lowest BCUT2D eigenvalue weighted by atomic mass is 10.1. The largest absolute Gasteiger partial charge is 0.348 e. The first-order valence-electron chi connectivity index (χ1n) is 7.41. The van der Waals surface area contributed by atoms with Gasteiger partial charge in [0.1, 0.15) is 11.5 Å². The van der Waals surface area contributed by atoms with Gasteiger partial charge in [-0.1, -0.05) is 12.1 Å². The van der Waals surface area contributed by atoms with E-state index in [4.69, 9.17) is 0 Å². The van der Waals surface area contributed by atoms with Crippen molar-refractivity contribution < 1.29 is 9.18 Å². The smallest absolute Gasteiger partial charge is 0.270 e. The predicted molar refractivity (Wildman–Crippen MR) is 99.2 cm³/mol. The van der Waals surface area contributed by atoms with Crippen LogP contribution >= 0.6 is 36.2 Å². The summed E-state index contributed by atoms with van der Waals surface area (Å²) in [4.78, 5) is 16.6. The zero-order valence-electron chi connectivity index (χ0n) is 13.0. The molecule has 1 aliphatic heterocycles. The highest BCUT2D eigenvalue weighted by Gasteiger charge is 2.18. The number of hydrogen-bond acceptors (Lipinski definition) is 4. The van der Waals surface area contributed by atoms with Gasteiger partial charge in [-0.15, -0.1) is 36.2 Å². The maximum atomic E-state index is 12.9. The first-order valence-corrected chi connectivity index (χ1v) is 8.29. The Kier molecular flexibility index (Phi) is 8.62. The molecule has 4 nitrogen and oxygen atoms in total. The predicted octanol–water partition coefficient (Wildman–Crippen LogP) is 3.20. The average Bonchev–Trinajstić information content (AvgIpc) is 2.99. The third-order valence-electron chi connectivity index (χ3n) is 3.73. The third kappa shape index (κ3) is 5.70. The standard InChI is InChI=1S/C16H18FN3OS.2ClH/c17-12-3-1-11(2-4-12)9-15-20-14(10-22-15)16(21)19-13-5-7-18-8-6-13;;/h1-4,10,13,18H,5-9H2,(H,19,21);2*1H. The molecule has 0 radical (unpaired) electrons. The normalized spacial score (nSPS) is 14.4. The van der Waals surface area contributed by atoms with E-state index in [0.717, 1.165) is 36.5 Å². The number of carbonyl (C=O) groups excluding carboxylic acids is 1. The fraction of sp³-hybridized carbons (Fsp3) is 0.375. The molecule has 24 heavy (non-hydrogen) atoms. The second-order valence-corrected chi connectivity index (χ2v) is 6.37. The van der Waals surface area contributed by atoms with Crippen molar-refractivity contribution in [3.05, 3.63) is 51.7 Å². The van der Waals surface area contributed by atoms with Gasteiger partial charge in [-0.25, -0.2) is 9.37 Å². The molecule has 1 amide bonds. The van der Waals surface area contributed by atoms with Gasteiger partial charge in [0.15, 0.2) is 0 Å². The van der Waals surface area contributed by atoms with Gasteiger partial charge >= 0.3 is 0 Å². The molecule has 0 aliphatic carbocycles. The zero-order chi connectivity index (χ0) is 15.4. The molecular formula is C16H20Cl2FN3OS. The topological polar surface area (TPSA) is 54.0 Å². The van der Waals surface area contributed by atoms with E-state index in [9.17, 15) is 9.18 Å². The number of aromatic nitrogens is 1. The van der Waals surface area contributed by atoms with Crippen LogP contribution < -0.4 is 10.6 Å². The number of halogens is 3. The van der Waals surface area contributed by atoms with Crippen LogP contribution in [0.5, 0.6) is 0 Å². The van der Waals surface area contributed by atoms with Gasteiger partial charge in [-0.2, -0.15) is 0 Å². The van der Waals surface area contributed by atoms with Crippen LogP contribution in [0.3, 0.4) is 0 Å². The summed E-state index contributed by atoms with van der Waals surface area (Å²) in [6.07, 6.45) is 2.53. The van der Waals surface area contributed by atoms with E-state index in [1.165, 1.54) is 23.5 Å². The molecule has 2 aromatic rings. The number of nitrogens with zero attached hydrogens (tertiary/aromatic N) is 1. The van der Waals surface area contributed by atoms with E-state index in [-0.39, 0.29) is 42.6 Å². The summed E-state index contributed by atoms with van der Waals surface area (Å²) in [5.41, 5.74) is 1.46. The maximum Gasteiger partial charge on any atom is 0.270 e. The molecule has 1 saturated heterocycles. The van der Waals surface area contributed by atoms with Crippen LogP contribution in [-0.4, -0.2) is 30.0 Å². The highest BCUT2D eigenvalue weighted by Crippen LogP contribution is 2.16. The Hall–Kier alpha value is -1.21. The van der Waals surface area contributed by atoms with E-state index in [0.29, 0.717) is 12.1 Å². The molecule has 2 heterocycles. The molecule has 0 atom stereocenters.